The number of anilines is 1. The van der Waals surface area contributed by atoms with Gasteiger partial charge >= 0.3 is 24.3 Å². The standard InChI is InChI=1S/C19H21FN4O.2C2HF3O2/c1-13-2-5-15-12-24(19(25)16-6-7-21-10-17(16)20)9-8-23(18(15)22-13)11-14-3-4-14;2*3-2(4,5)1(6)7/h2,5-7,10,14H,3-4,8-9,11-12H2,1H3;2*(H,6,7). The fourth-order valence-electron chi connectivity index (χ4n) is 3.28. The smallest absolute Gasteiger partial charge is 0.475 e. The molecule has 0 unspecified atom stereocenters. The number of aryl methyl sites for hydroxylation is 1. The number of pyridine rings is 2. The van der Waals surface area contributed by atoms with Gasteiger partial charge in [0.25, 0.3) is 5.91 Å². The number of carbonyl (C=O) groups is 3. The molecule has 0 saturated heterocycles. The first-order valence-corrected chi connectivity index (χ1v) is 11.2. The molecule has 16 heteroatoms. The lowest BCUT2D eigenvalue weighted by Crippen LogP contribution is -2.36. The van der Waals surface area contributed by atoms with E-state index >= 15 is 0 Å². The van der Waals surface area contributed by atoms with E-state index in [0.29, 0.717) is 13.1 Å². The second-order valence-corrected chi connectivity index (χ2v) is 8.51. The van der Waals surface area contributed by atoms with Gasteiger partial charge in [-0.25, -0.2) is 19.0 Å². The van der Waals surface area contributed by atoms with Crippen molar-refractivity contribution in [1.29, 1.82) is 0 Å². The first-order chi connectivity index (χ1) is 18.0. The number of carbonyl (C=O) groups excluding carboxylic acids is 1. The van der Waals surface area contributed by atoms with Crippen molar-refractivity contribution in [2.45, 2.75) is 38.7 Å². The van der Waals surface area contributed by atoms with Gasteiger partial charge in [-0.3, -0.25) is 9.78 Å². The summed E-state index contributed by atoms with van der Waals surface area (Å²) >= 11 is 0. The molecule has 1 aliphatic heterocycles. The number of halogens is 7. The average molecular weight is 568 g/mol. The van der Waals surface area contributed by atoms with E-state index in [1.807, 2.05) is 19.1 Å². The van der Waals surface area contributed by atoms with Gasteiger partial charge in [-0.1, -0.05) is 6.07 Å². The fourth-order valence-corrected chi connectivity index (χ4v) is 3.28. The van der Waals surface area contributed by atoms with Crippen LogP contribution in [0, 0.1) is 18.7 Å². The van der Waals surface area contributed by atoms with Gasteiger partial charge in [0.2, 0.25) is 0 Å². The number of carboxylic acids is 2. The molecule has 0 spiro atoms. The van der Waals surface area contributed by atoms with Gasteiger partial charge in [0.1, 0.15) is 5.82 Å². The van der Waals surface area contributed by atoms with Crippen molar-refractivity contribution in [3.63, 3.8) is 0 Å². The lowest BCUT2D eigenvalue weighted by atomic mass is 10.2. The van der Waals surface area contributed by atoms with Gasteiger partial charge in [-0.15, -0.1) is 0 Å². The number of carboxylic acid groups (broad SMARTS) is 2. The molecule has 39 heavy (non-hydrogen) atoms. The molecule has 1 fully saturated rings. The van der Waals surface area contributed by atoms with Crippen molar-refractivity contribution in [2.24, 2.45) is 5.92 Å². The Morgan fingerprint density at radius 1 is 0.974 bits per heavy atom. The molecular formula is C23H23F7N4O5. The highest BCUT2D eigenvalue weighted by Gasteiger charge is 2.39. The molecule has 0 bridgehead atoms. The molecule has 3 heterocycles. The van der Waals surface area contributed by atoms with E-state index in [2.05, 4.69) is 9.88 Å². The van der Waals surface area contributed by atoms with Gasteiger partial charge in [0.15, 0.2) is 5.82 Å². The van der Waals surface area contributed by atoms with Gasteiger partial charge in [-0.2, -0.15) is 26.3 Å². The van der Waals surface area contributed by atoms with Crippen LogP contribution in [-0.2, 0) is 16.1 Å². The van der Waals surface area contributed by atoms with Crippen LogP contribution in [0.15, 0.2) is 30.6 Å². The summed E-state index contributed by atoms with van der Waals surface area (Å²) in [5.41, 5.74) is 2.07. The molecule has 2 aromatic rings. The van der Waals surface area contributed by atoms with Gasteiger partial charge in [0, 0.05) is 43.6 Å². The number of alkyl halides is 6. The van der Waals surface area contributed by atoms with E-state index in [-0.39, 0.29) is 11.5 Å². The average Bonchev–Trinajstić information content (AvgIpc) is 3.66. The van der Waals surface area contributed by atoms with E-state index in [9.17, 15) is 35.5 Å². The maximum Gasteiger partial charge on any atom is 0.490 e. The number of amides is 1. The van der Waals surface area contributed by atoms with E-state index in [0.717, 1.165) is 42.3 Å². The van der Waals surface area contributed by atoms with Crippen molar-refractivity contribution in [2.75, 3.05) is 24.5 Å². The highest BCUT2D eigenvalue weighted by Crippen LogP contribution is 2.33. The molecule has 2 aliphatic rings. The van der Waals surface area contributed by atoms with Crippen LogP contribution in [0.2, 0.25) is 0 Å². The molecule has 4 rings (SSSR count). The van der Waals surface area contributed by atoms with Crippen LogP contribution in [0.5, 0.6) is 0 Å². The summed E-state index contributed by atoms with van der Waals surface area (Å²) < 4.78 is 77.4. The van der Waals surface area contributed by atoms with Crippen LogP contribution in [0.4, 0.5) is 36.6 Å². The molecule has 1 aliphatic carbocycles. The lowest BCUT2D eigenvalue weighted by Gasteiger charge is -2.24. The van der Waals surface area contributed by atoms with Gasteiger partial charge in [-0.05, 0) is 37.8 Å². The number of aliphatic carboxylic acids is 2. The zero-order valence-corrected chi connectivity index (χ0v) is 20.3. The second kappa shape index (κ2) is 12.7. The van der Waals surface area contributed by atoms with Crippen LogP contribution < -0.4 is 4.90 Å². The molecule has 0 aromatic carbocycles. The zero-order valence-electron chi connectivity index (χ0n) is 20.3. The van der Waals surface area contributed by atoms with Crippen LogP contribution in [0.1, 0.15) is 34.5 Å². The third-order valence-electron chi connectivity index (χ3n) is 5.35. The minimum atomic E-state index is -5.08. The maximum absolute atomic E-state index is 14.0. The molecule has 9 nitrogen and oxygen atoms in total. The second-order valence-electron chi connectivity index (χ2n) is 8.51. The number of hydrogen-bond acceptors (Lipinski definition) is 6. The third-order valence-corrected chi connectivity index (χ3v) is 5.35. The number of fused-ring (bicyclic) bond motifs is 1. The number of rotatable bonds is 3. The predicted molar refractivity (Wildman–Crippen MR) is 120 cm³/mol. The van der Waals surface area contributed by atoms with E-state index in [4.69, 9.17) is 24.8 Å². The van der Waals surface area contributed by atoms with E-state index in [1.54, 1.807) is 4.90 Å². The third kappa shape index (κ3) is 9.68. The number of hydrogen-bond donors (Lipinski definition) is 2. The van der Waals surface area contributed by atoms with Crippen LogP contribution in [0.3, 0.4) is 0 Å². The van der Waals surface area contributed by atoms with Crippen LogP contribution >= 0.6 is 0 Å². The van der Waals surface area contributed by atoms with Gasteiger partial charge in [0.05, 0.1) is 11.8 Å². The minimum absolute atomic E-state index is 0.0762. The quantitative estimate of drug-likeness (QED) is 0.532. The van der Waals surface area contributed by atoms with E-state index < -0.39 is 30.1 Å². The molecule has 214 valence electrons. The minimum Gasteiger partial charge on any atom is -0.475 e. The monoisotopic (exact) mass is 568 g/mol. The highest BCUT2D eigenvalue weighted by molar-refractivity contribution is 5.94. The Labute approximate surface area is 216 Å². The Kier molecular flexibility index (Phi) is 10.2. The van der Waals surface area contributed by atoms with Crippen molar-refractivity contribution in [3.8, 4) is 0 Å². The molecule has 2 N–H and O–H groups in total. The number of nitrogens with zero attached hydrogens (tertiary/aromatic N) is 4. The molecule has 1 amide bonds. The Hall–Kier alpha value is -3.98. The number of aromatic nitrogens is 2. The fraction of sp³-hybridized carbons (Fsp3) is 0.435. The summed E-state index contributed by atoms with van der Waals surface area (Å²) in [6.07, 6.45) is -5.10. The van der Waals surface area contributed by atoms with Crippen molar-refractivity contribution in [3.05, 3.63) is 53.2 Å². The van der Waals surface area contributed by atoms with Crippen molar-refractivity contribution in [1.82, 2.24) is 14.9 Å². The molecule has 2 aromatic heterocycles. The normalized spacial score (nSPS) is 15.1. The van der Waals surface area contributed by atoms with Crippen molar-refractivity contribution < 1.29 is 55.3 Å². The lowest BCUT2D eigenvalue weighted by molar-refractivity contribution is -0.193. The summed E-state index contributed by atoms with van der Waals surface area (Å²) in [5.74, 6) is -4.68. The molecule has 0 atom stereocenters. The summed E-state index contributed by atoms with van der Waals surface area (Å²) in [4.78, 5) is 43.0. The maximum atomic E-state index is 14.0. The predicted octanol–water partition coefficient (Wildman–Crippen LogP) is 4.06. The summed E-state index contributed by atoms with van der Waals surface area (Å²) in [7, 11) is 0. The zero-order chi connectivity index (χ0) is 29.5. The highest BCUT2D eigenvalue weighted by atomic mass is 19.4. The summed E-state index contributed by atoms with van der Waals surface area (Å²) in [6, 6.07) is 5.44. The van der Waals surface area contributed by atoms with E-state index in [1.165, 1.54) is 25.1 Å². The molecular weight excluding hydrogens is 545 g/mol. The van der Waals surface area contributed by atoms with Crippen molar-refractivity contribution >= 4 is 23.7 Å². The Bertz CT molecular complexity index is 1160. The SMILES string of the molecule is Cc1ccc2c(n1)N(CC1CC1)CCN(C(=O)c1ccncc1F)C2.O=C(O)C(F)(F)F.O=C(O)C(F)(F)F. The van der Waals surface area contributed by atoms with Crippen LogP contribution in [0.25, 0.3) is 0 Å². The summed E-state index contributed by atoms with van der Waals surface area (Å²) in [5, 5.41) is 14.2. The largest absolute Gasteiger partial charge is 0.490 e. The van der Waals surface area contributed by atoms with Gasteiger partial charge < -0.3 is 20.0 Å². The molecule has 1 saturated carbocycles. The Balaban J connectivity index is 0.000000317. The first kappa shape index (κ1) is 31.2. The Morgan fingerprint density at radius 3 is 2.03 bits per heavy atom. The Morgan fingerprint density at radius 2 is 1.54 bits per heavy atom. The topological polar surface area (TPSA) is 124 Å². The molecule has 0 radical (unpaired) electrons. The summed E-state index contributed by atoms with van der Waals surface area (Å²) in [6.45, 7) is 4.69. The first-order valence-electron chi connectivity index (χ1n) is 11.2. The van der Waals surface area contributed by atoms with Crippen LogP contribution in [-0.4, -0.2) is 74.9 Å².